The number of hydrogen-bond donors (Lipinski definition) is 1. The molecule has 116 valence electrons. The molecule has 1 N–H and O–H groups in total. The van der Waals surface area contributed by atoms with Gasteiger partial charge in [0.15, 0.2) is 0 Å². The highest BCUT2D eigenvalue weighted by atomic mass is 79.9. The van der Waals surface area contributed by atoms with Gasteiger partial charge >= 0.3 is 0 Å². The third kappa shape index (κ3) is 4.74. The van der Waals surface area contributed by atoms with E-state index < -0.39 is 0 Å². The summed E-state index contributed by atoms with van der Waals surface area (Å²) in [6.45, 7) is 3.26. The quantitative estimate of drug-likeness (QED) is 0.855. The number of nitrogens with one attached hydrogen (secondary N) is 1. The van der Waals surface area contributed by atoms with Gasteiger partial charge in [-0.3, -0.25) is 4.90 Å². The molecule has 1 aromatic carbocycles. The lowest BCUT2D eigenvalue weighted by molar-refractivity contribution is 0.147. The van der Waals surface area contributed by atoms with Gasteiger partial charge in [0.05, 0.1) is 17.6 Å². The molecular weight excluding hydrogens is 370 g/mol. The lowest BCUT2D eigenvalue weighted by Crippen LogP contribution is -2.45. The summed E-state index contributed by atoms with van der Waals surface area (Å²) in [5.41, 5.74) is 0.993. The average Bonchev–Trinajstić information content (AvgIpc) is 2.41. The van der Waals surface area contributed by atoms with Crippen molar-refractivity contribution in [2.24, 2.45) is 0 Å². The summed E-state index contributed by atoms with van der Waals surface area (Å²) < 4.78 is 19.4. The van der Waals surface area contributed by atoms with Crippen LogP contribution in [-0.2, 0) is 0 Å². The smallest absolute Gasteiger partial charge is 0.133 e. The van der Waals surface area contributed by atoms with Crippen molar-refractivity contribution in [3.05, 3.63) is 28.2 Å². The predicted octanol–water partition coefficient (Wildman–Crippen LogP) is 3.22. The van der Waals surface area contributed by atoms with Crippen LogP contribution in [0.5, 0.6) is 5.75 Å². The van der Waals surface area contributed by atoms with Crippen LogP contribution >= 0.6 is 40.7 Å². The Labute approximate surface area is 140 Å². The maximum Gasteiger partial charge on any atom is 0.133 e. The molecule has 0 saturated carbocycles. The third-order valence-electron chi connectivity index (χ3n) is 3.30. The second-order valence-electron chi connectivity index (χ2n) is 4.35. The highest BCUT2D eigenvalue weighted by Crippen LogP contribution is 2.30. The van der Waals surface area contributed by atoms with Crippen molar-refractivity contribution >= 4 is 40.7 Å². The molecular formula is C13H20BrCl2FN2O. The highest BCUT2D eigenvalue weighted by Gasteiger charge is 2.22. The van der Waals surface area contributed by atoms with Crippen LogP contribution in [0.15, 0.2) is 22.7 Å². The molecule has 0 aromatic heterocycles. The maximum absolute atomic E-state index is 13.3. The zero-order chi connectivity index (χ0) is 13.0. The van der Waals surface area contributed by atoms with E-state index in [0.29, 0.717) is 0 Å². The second-order valence-corrected chi connectivity index (χ2v) is 5.20. The minimum Gasteiger partial charge on any atom is -0.496 e. The summed E-state index contributed by atoms with van der Waals surface area (Å²) in [4.78, 5) is 2.19. The third-order valence-corrected chi connectivity index (χ3v) is 3.92. The van der Waals surface area contributed by atoms with E-state index in [-0.39, 0.29) is 37.5 Å². The Kier molecular flexibility index (Phi) is 9.76. The van der Waals surface area contributed by atoms with Crippen molar-refractivity contribution in [3.63, 3.8) is 0 Å². The van der Waals surface area contributed by atoms with Gasteiger partial charge in [-0.15, -0.1) is 24.8 Å². The van der Waals surface area contributed by atoms with E-state index >= 15 is 0 Å². The molecule has 7 heteroatoms. The zero-order valence-electron chi connectivity index (χ0n) is 11.3. The fourth-order valence-corrected chi connectivity index (χ4v) is 2.84. The molecule has 1 heterocycles. The van der Waals surface area contributed by atoms with Gasteiger partial charge in [-0.25, -0.2) is 4.39 Å². The molecule has 0 aliphatic carbocycles. The molecule has 0 amide bonds. The molecule has 3 nitrogen and oxygen atoms in total. The van der Waals surface area contributed by atoms with Crippen LogP contribution in [0.25, 0.3) is 0 Å². The van der Waals surface area contributed by atoms with E-state index in [1.54, 1.807) is 7.11 Å². The number of rotatable bonds is 4. The van der Waals surface area contributed by atoms with Crippen molar-refractivity contribution in [1.82, 2.24) is 10.2 Å². The van der Waals surface area contributed by atoms with E-state index in [2.05, 4.69) is 26.1 Å². The number of hydrogen-bond acceptors (Lipinski definition) is 3. The topological polar surface area (TPSA) is 24.5 Å². The zero-order valence-corrected chi connectivity index (χ0v) is 14.5. The number of ether oxygens (including phenoxy) is 1. The summed E-state index contributed by atoms with van der Waals surface area (Å²) in [6.07, 6.45) is 0. The van der Waals surface area contributed by atoms with Crippen molar-refractivity contribution in [1.29, 1.82) is 0 Å². The first-order chi connectivity index (χ1) is 8.76. The maximum atomic E-state index is 13.3. The molecule has 0 unspecified atom stereocenters. The molecule has 1 saturated heterocycles. The molecule has 1 aliphatic heterocycles. The average molecular weight is 390 g/mol. The van der Waals surface area contributed by atoms with Crippen LogP contribution in [0.1, 0.15) is 11.6 Å². The van der Waals surface area contributed by atoms with Crippen molar-refractivity contribution in [3.8, 4) is 5.75 Å². The number of alkyl halides is 1. The van der Waals surface area contributed by atoms with Gasteiger partial charge in [0, 0.05) is 26.2 Å². The molecule has 0 radical (unpaired) electrons. The fraction of sp³-hybridized carbons (Fsp3) is 0.538. The Morgan fingerprint density at radius 1 is 1.35 bits per heavy atom. The Morgan fingerprint density at radius 3 is 2.50 bits per heavy atom. The summed E-state index contributed by atoms with van der Waals surface area (Å²) in [5.74, 6) is 0.775. The Hall–Kier alpha value is -0.0700. The lowest BCUT2D eigenvalue weighted by atomic mass is 10.1. The van der Waals surface area contributed by atoms with E-state index in [1.165, 1.54) is 0 Å². The highest BCUT2D eigenvalue weighted by molar-refractivity contribution is 9.10. The fourth-order valence-electron chi connectivity index (χ4n) is 2.28. The number of benzene rings is 1. The van der Waals surface area contributed by atoms with Crippen molar-refractivity contribution < 1.29 is 9.13 Å². The normalized spacial score (nSPS) is 16.8. The van der Waals surface area contributed by atoms with Crippen LogP contribution in [0.2, 0.25) is 0 Å². The van der Waals surface area contributed by atoms with Gasteiger partial charge in [-0.1, -0.05) is 6.07 Å². The Bertz CT molecular complexity index is 406. The number of methoxy groups -OCH3 is 1. The van der Waals surface area contributed by atoms with Crippen molar-refractivity contribution in [2.75, 3.05) is 40.0 Å². The van der Waals surface area contributed by atoms with E-state index in [4.69, 9.17) is 4.74 Å². The standard InChI is InChI=1S/C13H18BrFN2O.2ClH/c1-18-13-3-2-10(8-11(13)14)12(9-15)17-6-4-16-5-7-17;;/h2-3,8,12,16H,4-7,9H2,1H3;2*1H/t12-;;/m0../s1. The minimum atomic E-state index is -0.362. The van der Waals surface area contributed by atoms with Crippen LogP contribution < -0.4 is 10.1 Å². The van der Waals surface area contributed by atoms with Gasteiger partial charge < -0.3 is 10.1 Å². The summed E-state index contributed by atoms with van der Waals surface area (Å²) >= 11 is 3.45. The van der Waals surface area contributed by atoms with Gasteiger partial charge in [-0.05, 0) is 33.6 Å². The SMILES string of the molecule is COc1ccc([C@H](CF)N2CCNCC2)cc1Br.Cl.Cl. The molecule has 2 rings (SSSR count). The molecule has 20 heavy (non-hydrogen) atoms. The first-order valence-electron chi connectivity index (χ1n) is 6.10. The van der Waals surface area contributed by atoms with Gasteiger partial charge in [0.2, 0.25) is 0 Å². The Morgan fingerprint density at radius 2 is 2.00 bits per heavy atom. The van der Waals surface area contributed by atoms with E-state index in [9.17, 15) is 4.39 Å². The summed E-state index contributed by atoms with van der Waals surface area (Å²) in [7, 11) is 1.63. The summed E-state index contributed by atoms with van der Waals surface area (Å²) in [5, 5.41) is 3.28. The Balaban J connectivity index is 0.00000180. The lowest BCUT2D eigenvalue weighted by Gasteiger charge is -2.33. The largest absolute Gasteiger partial charge is 0.496 e. The van der Waals surface area contributed by atoms with E-state index in [0.717, 1.165) is 42.0 Å². The van der Waals surface area contributed by atoms with Gasteiger partial charge in [-0.2, -0.15) is 0 Å². The second kappa shape index (κ2) is 9.79. The molecule has 1 atom stereocenters. The molecule has 1 aliphatic rings. The monoisotopic (exact) mass is 388 g/mol. The number of piperazine rings is 1. The molecule has 1 fully saturated rings. The van der Waals surface area contributed by atoms with Crippen LogP contribution in [-0.4, -0.2) is 44.9 Å². The van der Waals surface area contributed by atoms with Crippen LogP contribution in [0.3, 0.4) is 0 Å². The van der Waals surface area contributed by atoms with Gasteiger partial charge in [0.1, 0.15) is 12.4 Å². The molecule has 0 bridgehead atoms. The molecule has 1 aromatic rings. The first kappa shape index (κ1) is 19.9. The number of nitrogens with zero attached hydrogens (tertiary/aromatic N) is 1. The van der Waals surface area contributed by atoms with Crippen molar-refractivity contribution in [2.45, 2.75) is 6.04 Å². The first-order valence-corrected chi connectivity index (χ1v) is 6.89. The van der Waals surface area contributed by atoms with Crippen LogP contribution in [0.4, 0.5) is 4.39 Å². The minimum absolute atomic E-state index is 0. The summed E-state index contributed by atoms with van der Waals surface area (Å²) in [6, 6.07) is 5.61. The van der Waals surface area contributed by atoms with E-state index in [1.807, 2.05) is 18.2 Å². The van der Waals surface area contributed by atoms with Gasteiger partial charge in [0.25, 0.3) is 0 Å². The molecule has 0 spiro atoms. The number of halogens is 4. The van der Waals surface area contributed by atoms with Crippen LogP contribution in [0, 0.1) is 0 Å². The predicted molar refractivity (Wildman–Crippen MR) is 88.3 cm³/mol.